The first-order chi connectivity index (χ1) is 9.52. The van der Waals surface area contributed by atoms with Gasteiger partial charge in [-0.15, -0.1) is 11.6 Å². The van der Waals surface area contributed by atoms with Gasteiger partial charge in [0.05, 0.1) is 17.3 Å². The van der Waals surface area contributed by atoms with E-state index in [4.69, 9.17) is 11.6 Å². The summed E-state index contributed by atoms with van der Waals surface area (Å²) < 4.78 is 5.00. The third-order valence-corrected chi connectivity index (χ3v) is 4.12. The average Bonchev–Trinajstić information content (AvgIpc) is 2.89. The molecular weight excluding hydrogens is 340 g/mol. The zero-order valence-electron chi connectivity index (χ0n) is 11.5. The smallest absolute Gasteiger partial charge is 0.163 e. The summed E-state index contributed by atoms with van der Waals surface area (Å²) in [7, 11) is 1.93. The van der Waals surface area contributed by atoms with Gasteiger partial charge >= 0.3 is 0 Å². The van der Waals surface area contributed by atoms with E-state index in [0.717, 1.165) is 38.4 Å². The molecule has 2 aromatic heterocycles. The van der Waals surface area contributed by atoms with Crippen molar-refractivity contribution < 1.29 is 0 Å². The third-order valence-electron chi connectivity index (χ3n) is 3.39. The highest BCUT2D eigenvalue weighted by Crippen LogP contribution is 2.27. The Kier molecular flexibility index (Phi) is 3.34. The Morgan fingerprint density at radius 3 is 2.70 bits per heavy atom. The number of benzene rings is 1. The van der Waals surface area contributed by atoms with Crippen LogP contribution in [0.3, 0.4) is 0 Å². The molecule has 3 aromatic rings. The normalized spacial score (nSPS) is 11.4. The van der Waals surface area contributed by atoms with Gasteiger partial charge in [-0.2, -0.15) is 5.10 Å². The van der Waals surface area contributed by atoms with Crippen molar-refractivity contribution in [3.63, 3.8) is 0 Å². The highest BCUT2D eigenvalue weighted by atomic mass is 79.9. The molecule has 3 rings (SSSR count). The maximum atomic E-state index is 6.08. The minimum atomic E-state index is 0.365. The fourth-order valence-electron chi connectivity index (χ4n) is 2.53. The van der Waals surface area contributed by atoms with Crippen LogP contribution in [0.4, 0.5) is 0 Å². The van der Waals surface area contributed by atoms with Crippen LogP contribution >= 0.6 is 27.5 Å². The Morgan fingerprint density at radius 1 is 1.30 bits per heavy atom. The van der Waals surface area contributed by atoms with Gasteiger partial charge < -0.3 is 0 Å². The van der Waals surface area contributed by atoms with E-state index in [0.29, 0.717) is 5.88 Å². The second-order valence-electron chi connectivity index (χ2n) is 4.81. The number of rotatable bonds is 2. The standard InChI is InChI=1S/C14H14BrClN4/c1-8-6-10(15)4-5-11(8)20-12(7-16)17-13-9(2)18-19(3)14(13)20/h4-6H,7H2,1-3H3. The Hall–Kier alpha value is -1.33. The van der Waals surface area contributed by atoms with Crippen molar-refractivity contribution in [2.24, 2.45) is 7.05 Å². The van der Waals surface area contributed by atoms with Crippen molar-refractivity contribution in [3.05, 3.63) is 39.8 Å². The molecule has 0 aliphatic heterocycles. The van der Waals surface area contributed by atoms with E-state index in [1.165, 1.54) is 0 Å². The Balaban J connectivity index is 2.39. The maximum Gasteiger partial charge on any atom is 0.163 e. The van der Waals surface area contributed by atoms with Crippen molar-refractivity contribution in [1.29, 1.82) is 0 Å². The van der Waals surface area contributed by atoms with Crippen molar-refractivity contribution in [2.45, 2.75) is 19.7 Å². The lowest BCUT2D eigenvalue weighted by Crippen LogP contribution is -2.05. The number of aryl methyl sites for hydroxylation is 3. The van der Waals surface area contributed by atoms with E-state index in [9.17, 15) is 0 Å². The second-order valence-corrected chi connectivity index (χ2v) is 5.99. The quantitative estimate of drug-likeness (QED) is 0.656. The van der Waals surface area contributed by atoms with Crippen LogP contribution in [0.1, 0.15) is 17.1 Å². The van der Waals surface area contributed by atoms with Gasteiger partial charge in [-0.05, 0) is 37.6 Å². The molecule has 1 aromatic carbocycles. The zero-order chi connectivity index (χ0) is 14.4. The molecule has 0 radical (unpaired) electrons. The highest BCUT2D eigenvalue weighted by molar-refractivity contribution is 9.10. The van der Waals surface area contributed by atoms with E-state index >= 15 is 0 Å². The van der Waals surface area contributed by atoms with Crippen LogP contribution in [0.2, 0.25) is 0 Å². The van der Waals surface area contributed by atoms with Crippen molar-refractivity contribution >= 4 is 38.7 Å². The molecule has 0 N–H and O–H groups in total. The molecule has 104 valence electrons. The number of hydrogen-bond donors (Lipinski definition) is 0. The van der Waals surface area contributed by atoms with Crippen LogP contribution < -0.4 is 0 Å². The zero-order valence-corrected chi connectivity index (χ0v) is 13.8. The molecule has 0 atom stereocenters. The van der Waals surface area contributed by atoms with E-state index in [1.807, 2.05) is 24.7 Å². The van der Waals surface area contributed by atoms with Crippen molar-refractivity contribution in [1.82, 2.24) is 19.3 Å². The number of hydrogen-bond acceptors (Lipinski definition) is 2. The summed E-state index contributed by atoms with van der Waals surface area (Å²) in [5.74, 6) is 1.20. The predicted molar refractivity (Wildman–Crippen MR) is 84.6 cm³/mol. The molecule has 0 bridgehead atoms. The molecule has 0 spiro atoms. The minimum Gasteiger partial charge on any atom is -0.280 e. The van der Waals surface area contributed by atoms with E-state index in [2.05, 4.69) is 49.6 Å². The number of fused-ring (bicyclic) bond motifs is 1. The molecule has 0 amide bonds. The molecule has 0 saturated carbocycles. The molecule has 0 aliphatic carbocycles. The first-order valence-corrected chi connectivity index (χ1v) is 7.59. The van der Waals surface area contributed by atoms with Crippen LogP contribution in [0.15, 0.2) is 22.7 Å². The van der Waals surface area contributed by atoms with E-state index in [1.54, 1.807) is 0 Å². The lowest BCUT2D eigenvalue weighted by molar-refractivity contribution is 0.754. The van der Waals surface area contributed by atoms with E-state index < -0.39 is 0 Å². The molecule has 0 saturated heterocycles. The summed E-state index contributed by atoms with van der Waals surface area (Å²) in [5.41, 5.74) is 5.04. The third kappa shape index (κ3) is 1.96. The lowest BCUT2D eigenvalue weighted by Gasteiger charge is -2.11. The predicted octanol–water partition coefficient (Wildman–Crippen LogP) is 3.88. The molecule has 0 unspecified atom stereocenters. The molecular formula is C14H14BrClN4. The van der Waals surface area contributed by atoms with Gasteiger partial charge in [0.15, 0.2) is 5.65 Å². The molecule has 0 aliphatic rings. The fraction of sp³-hybridized carbons (Fsp3) is 0.286. The molecule has 0 fully saturated rings. The maximum absolute atomic E-state index is 6.08. The topological polar surface area (TPSA) is 35.6 Å². The molecule has 20 heavy (non-hydrogen) atoms. The number of nitrogens with zero attached hydrogens (tertiary/aromatic N) is 4. The number of alkyl halides is 1. The van der Waals surface area contributed by atoms with Crippen LogP contribution in [0.25, 0.3) is 16.9 Å². The summed E-state index contributed by atoms with van der Waals surface area (Å²) in [6.45, 7) is 4.04. The van der Waals surface area contributed by atoms with Gasteiger partial charge in [0.25, 0.3) is 0 Å². The lowest BCUT2D eigenvalue weighted by atomic mass is 10.2. The van der Waals surface area contributed by atoms with E-state index in [-0.39, 0.29) is 0 Å². The number of imidazole rings is 1. The van der Waals surface area contributed by atoms with Crippen molar-refractivity contribution in [3.8, 4) is 5.69 Å². The first kappa shape index (κ1) is 13.6. The Morgan fingerprint density at radius 2 is 2.05 bits per heavy atom. The van der Waals surface area contributed by atoms with Crippen LogP contribution in [-0.2, 0) is 12.9 Å². The summed E-state index contributed by atoms with van der Waals surface area (Å²) in [6.07, 6.45) is 0. The SMILES string of the molecule is Cc1cc(Br)ccc1-n1c(CCl)nc2c(C)nn(C)c21. The summed E-state index contributed by atoms with van der Waals surface area (Å²) in [6, 6.07) is 6.18. The monoisotopic (exact) mass is 352 g/mol. The summed E-state index contributed by atoms with van der Waals surface area (Å²) in [4.78, 5) is 4.63. The van der Waals surface area contributed by atoms with Crippen LogP contribution in [-0.4, -0.2) is 19.3 Å². The number of aromatic nitrogens is 4. The minimum absolute atomic E-state index is 0.365. The van der Waals surface area contributed by atoms with Crippen LogP contribution in [0, 0.1) is 13.8 Å². The highest BCUT2D eigenvalue weighted by Gasteiger charge is 2.19. The average molecular weight is 354 g/mol. The van der Waals surface area contributed by atoms with Crippen molar-refractivity contribution in [2.75, 3.05) is 0 Å². The summed E-state index contributed by atoms with van der Waals surface area (Å²) >= 11 is 9.57. The molecule has 6 heteroatoms. The fourth-order valence-corrected chi connectivity index (χ4v) is 3.18. The summed E-state index contributed by atoms with van der Waals surface area (Å²) in [5, 5.41) is 4.44. The Bertz CT molecular complexity index is 803. The van der Waals surface area contributed by atoms with Gasteiger partial charge in [0.2, 0.25) is 0 Å². The molecule has 4 nitrogen and oxygen atoms in total. The van der Waals surface area contributed by atoms with Gasteiger partial charge in [-0.25, -0.2) is 9.67 Å². The second kappa shape index (κ2) is 4.90. The van der Waals surface area contributed by atoms with Gasteiger partial charge in [0, 0.05) is 11.5 Å². The van der Waals surface area contributed by atoms with Crippen LogP contribution in [0.5, 0.6) is 0 Å². The largest absolute Gasteiger partial charge is 0.280 e. The Labute approximate surface area is 130 Å². The van der Waals surface area contributed by atoms with Gasteiger partial charge in [0.1, 0.15) is 11.3 Å². The first-order valence-electron chi connectivity index (χ1n) is 6.26. The van der Waals surface area contributed by atoms with Gasteiger partial charge in [-0.1, -0.05) is 15.9 Å². The number of halogens is 2. The van der Waals surface area contributed by atoms with Gasteiger partial charge in [-0.3, -0.25) is 4.57 Å². The molecule has 2 heterocycles.